The molecular weight excluding hydrogens is 159 g/mol. The first kappa shape index (κ1) is 6.72. The molecule has 0 aliphatic rings. The molecule has 0 atom stereocenters. The molecule has 0 amide bonds. The van der Waals surface area contributed by atoms with Crippen molar-refractivity contribution in [2.24, 2.45) is 0 Å². The van der Waals surface area contributed by atoms with Crippen molar-refractivity contribution < 1.29 is 5.11 Å². The van der Waals surface area contributed by atoms with Crippen LogP contribution in [-0.2, 0) is 5.11 Å². The Morgan fingerprint density at radius 3 is 2.22 bits per heavy atom. The van der Waals surface area contributed by atoms with Gasteiger partial charge in [-0.15, -0.1) is 0 Å². The molecule has 0 aliphatic carbocycles. The van der Waals surface area contributed by atoms with E-state index in [1.807, 2.05) is 0 Å². The van der Waals surface area contributed by atoms with E-state index in [0.29, 0.717) is 10.0 Å². The molecule has 1 aromatic rings. The SMILES string of the molecule is [O]c1ccc(Cl)c(Cl)c1. The van der Waals surface area contributed by atoms with Crippen molar-refractivity contribution in [3.63, 3.8) is 0 Å². The van der Waals surface area contributed by atoms with E-state index in [1.165, 1.54) is 18.2 Å². The Kier molecular flexibility index (Phi) is 1.84. The molecule has 1 aromatic carbocycles. The third-order valence-corrected chi connectivity index (χ3v) is 1.63. The van der Waals surface area contributed by atoms with Crippen molar-refractivity contribution in [3.05, 3.63) is 28.2 Å². The number of hydrogen-bond acceptors (Lipinski definition) is 0. The molecule has 0 heterocycles. The van der Waals surface area contributed by atoms with Crippen LogP contribution in [0.25, 0.3) is 0 Å². The van der Waals surface area contributed by atoms with Crippen LogP contribution in [0.5, 0.6) is 5.75 Å². The summed E-state index contributed by atoms with van der Waals surface area (Å²) >= 11 is 11.0. The van der Waals surface area contributed by atoms with Gasteiger partial charge in [-0.25, -0.2) is 0 Å². The second-order valence-electron chi connectivity index (χ2n) is 1.58. The maximum absolute atomic E-state index is 10.5. The van der Waals surface area contributed by atoms with Gasteiger partial charge >= 0.3 is 0 Å². The average Bonchev–Trinajstić information content (AvgIpc) is 1.80. The van der Waals surface area contributed by atoms with Gasteiger partial charge in [-0.05, 0) is 12.1 Å². The van der Waals surface area contributed by atoms with E-state index in [0.717, 1.165) is 0 Å². The molecule has 0 fully saturated rings. The fourth-order valence-corrected chi connectivity index (χ4v) is 0.765. The van der Waals surface area contributed by atoms with E-state index in [-0.39, 0.29) is 5.75 Å². The van der Waals surface area contributed by atoms with Crippen molar-refractivity contribution in [2.45, 2.75) is 0 Å². The Morgan fingerprint density at radius 1 is 1.11 bits per heavy atom. The molecule has 3 heteroatoms. The van der Waals surface area contributed by atoms with Crippen molar-refractivity contribution in [1.29, 1.82) is 0 Å². The van der Waals surface area contributed by atoms with Gasteiger partial charge in [-0.1, -0.05) is 23.2 Å². The Hall–Kier alpha value is -0.400. The van der Waals surface area contributed by atoms with Gasteiger partial charge in [0, 0.05) is 6.07 Å². The van der Waals surface area contributed by atoms with Crippen molar-refractivity contribution in [2.75, 3.05) is 0 Å². The zero-order valence-corrected chi connectivity index (χ0v) is 5.91. The summed E-state index contributed by atoms with van der Waals surface area (Å²) in [5.74, 6) is -0.121. The van der Waals surface area contributed by atoms with E-state index in [2.05, 4.69) is 0 Å². The number of hydrogen-bond donors (Lipinski definition) is 0. The molecule has 0 saturated carbocycles. The molecular formula is C6H3Cl2O. The fraction of sp³-hybridized carbons (Fsp3) is 0. The van der Waals surface area contributed by atoms with Gasteiger partial charge in [0.1, 0.15) is 0 Å². The first-order chi connectivity index (χ1) is 4.20. The highest BCUT2D eigenvalue weighted by Crippen LogP contribution is 2.25. The molecule has 0 bridgehead atoms. The second kappa shape index (κ2) is 2.46. The minimum absolute atomic E-state index is 0.121. The third kappa shape index (κ3) is 1.50. The van der Waals surface area contributed by atoms with Crippen LogP contribution in [-0.4, -0.2) is 0 Å². The zero-order chi connectivity index (χ0) is 6.85. The predicted octanol–water partition coefficient (Wildman–Crippen LogP) is 3.14. The van der Waals surface area contributed by atoms with Gasteiger partial charge in [-0.3, -0.25) is 5.11 Å². The molecule has 47 valence electrons. The number of benzene rings is 1. The van der Waals surface area contributed by atoms with Crippen LogP contribution < -0.4 is 0 Å². The highest BCUT2D eigenvalue weighted by atomic mass is 35.5. The Balaban J connectivity index is 3.17. The zero-order valence-electron chi connectivity index (χ0n) is 4.40. The first-order valence-electron chi connectivity index (χ1n) is 2.32. The molecule has 0 aromatic heterocycles. The predicted molar refractivity (Wildman–Crippen MR) is 36.6 cm³/mol. The van der Waals surface area contributed by atoms with Gasteiger partial charge in [0.2, 0.25) is 0 Å². The smallest absolute Gasteiger partial charge is 0.180 e. The second-order valence-corrected chi connectivity index (χ2v) is 2.39. The summed E-state index contributed by atoms with van der Waals surface area (Å²) in [4.78, 5) is 0. The Morgan fingerprint density at radius 2 is 1.78 bits per heavy atom. The molecule has 0 aliphatic heterocycles. The molecule has 1 nitrogen and oxygen atoms in total. The van der Waals surface area contributed by atoms with Crippen LogP contribution in [0.3, 0.4) is 0 Å². The van der Waals surface area contributed by atoms with Gasteiger partial charge in [0.25, 0.3) is 0 Å². The Labute approximate surface area is 62.8 Å². The molecule has 9 heavy (non-hydrogen) atoms. The lowest BCUT2D eigenvalue weighted by Gasteiger charge is -1.91. The maximum atomic E-state index is 10.5. The van der Waals surface area contributed by atoms with Gasteiger partial charge < -0.3 is 0 Å². The highest BCUT2D eigenvalue weighted by Gasteiger charge is 1.96. The van der Waals surface area contributed by atoms with Crippen LogP contribution in [0.2, 0.25) is 10.0 Å². The van der Waals surface area contributed by atoms with E-state index in [4.69, 9.17) is 23.2 Å². The lowest BCUT2D eigenvalue weighted by atomic mass is 10.3. The van der Waals surface area contributed by atoms with Crippen LogP contribution in [0.15, 0.2) is 18.2 Å². The number of halogens is 2. The van der Waals surface area contributed by atoms with Crippen LogP contribution >= 0.6 is 23.2 Å². The standard InChI is InChI=1S/C6H3Cl2O/c7-5-2-1-4(9)3-6(5)8/h1-3H. The van der Waals surface area contributed by atoms with E-state index >= 15 is 0 Å². The largest absolute Gasteiger partial charge is 0.290 e. The summed E-state index contributed by atoms with van der Waals surface area (Å²) in [7, 11) is 0. The van der Waals surface area contributed by atoms with Crippen molar-refractivity contribution in [1.82, 2.24) is 0 Å². The third-order valence-electron chi connectivity index (χ3n) is 0.891. The molecule has 1 rings (SSSR count). The van der Waals surface area contributed by atoms with E-state index < -0.39 is 0 Å². The normalized spacial score (nSPS) is 9.56. The molecule has 0 saturated heterocycles. The molecule has 0 spiro atoms. The minimum atomic E-state index is -0.121. The average molecular weight is 162 g/mol. The molecule has 1 radical (unpaired) electrons. The van der Waals surface area contributed by atoms with Gasteiger partial charge in [0.15, 0.2) is 5.75 Å². The topological polar surface area (TPSA) is 19.9 Å². The van der Waals surface area contributed by atoms with Gasteiger partial charge in [0.05, 0.1) is 10.0 Å². The van der Waals surface area contributed by atoms with Crippen LogP contribution in [0, 0.1) is 0 Å². The maximum Gasteiger partial charge on any atom is 0.180 e. The van der Waals surface area contributed by atoms with Gasteiger partial charge in [-0.2, -0.15) is 0 Å². The summed E-state index contributed by atoms with van der Waals surface area (Å²) in [6.07, 6.45) is 0. The minimum Gasteiger partial charge on any atom is -0.290 e. The summed E-state index contributed by atoms with van der Waals surface area (Å²) in [5, 5.41) is 11.2. The highest BCUT2D eigenvalue weighted by molar-refractivity contribution is 6.42. The first-order valence-corrected chi connectivity index (χ1v) is 3.08. The van der Waals surface area contributed by atoms with E-state index in [1.54, 1.807) is 0 Å². The summed E-state index contributed by atoms with van der Waals surface area (Å²) in [6.45, 7) is 0. The fourth-order valence-electron chi connectivity index (χ4n) is 0.477. The lowest BCUT2D eigenvalue weighted by molar-refractivity contribution is 0.355. The van der Waals surface area contributed by atoms with Crippen LogP contribution in [0.1, 0.15) is 0 Å². The quantitative estimate of drug-likeness (QED) is 0.558. The summed E-state index contributed by atoms with van der Waals surface area (Å²) in [5.41, 5.74) is 0. The summed E-state index contributed by atoms with van der Waals surface area (Å²) < 4.78 is 0. The van der Waals surface area contributed by atoms with Crippen molar-refractivity contribution in [3.8, 4) is 5.75 Å². The van der Waals surface area contributed by atoms with Crippen molar-refractivity contribution >= 4 is 23.2 Å². The van der Waals surface area contributed by atoms with Crippen LogP contribution in [0.4, 0.5) is 0 Å². The molecule has 0 unspecified atom stereocenters. The van der Waals surface area contributed by atoms with E-state index in [9.17, 15) is 5.11 Å². The monoisotopic (exact) mass is 161 g/mol. The Bertz CT molecular complexity index is 222. The molecule has 0 N–H and O–H groups in total. The number of rotatable bonds is 0. The lowest BCUT2D eigenvalue weighted by Crippen LogP contribution is -1.65. The summed E-state index contributed by atoms with van der Waals surface area (Å²) in [6, 6.07) is 4.13.